The Hall–Kier alpha value is -3.03. The molecule has 0 saturated heterocycles. The van der Waals surface area contributed by atoms with Gasteiger partial charge in [0.25, 0.3) is 5.91 Å². The molecule has 150 valence electrons. The van der Waals surface area contributed by atoms with E-state index < -0.39 is 5.60 Å². The number of amides is 2. The first kappa shape index (κ1) is 19.7. The molecule has 1 N–H and O–H groups in total. The van der Waals surface area contributed by atoms with E-state index in [2.05, 4.69) is 10.4 Å². The number of nitrogens with zero attached hydrogens (tertiary/aromatic N) is 3. The molecule has 0 unspecified atom stereocenters. The minimum Gasteiger partial charge on any atom is -0.496 e. The molecule has 1 aromatic carbocycles. The van der Waals surface area contributed by atoms with E-state index in [1.165, 1.54) is 7.11 Å². The monoisotopic (exact) mass is 386 g/mol. The molecular weight excluding hydrogens is 360 g/mol. The second kappa shape index (κ2) is 7.53. The van der Waals surface area contributed by atoms with E-state index in [-0.39, 0.29) is 12.0 Å². The van der Waals surface area contributed by atoms with Gasteiger partial charge >= 0.3 is 6.09 Å². The number of carbonyl (C=O) groups excluding carboxylic acids is 2. The molecular formula is C20H26N4O4. The summed E-state index contributed by atoms with van der Waals surface area (Å²) in [6.45, 7) is 6.37. The lowest BCUT2D eigenvalue weighted by atomic mass is 10.1. The average Bonchev–Trinajstić information content (AvgIpc) is 2.95. The number of nitrogens with one attached hydrogen (secondary N) is 1. The van der Waals surface area contributed by atoms with Crippen LogP contribution >= 0.6 is 0 Å². The van der Waals surface area contributed by atoms with Crippen molar-refractivity contribution in [3.63, 3.8) is 0 Å². The van der Waals surface area contributed by atoms with E-state index in [1.54, 1.807) is 40.9 Å². The summed E-state index contributed by atoms with van der Waals surface area (Å²) in [5.41, 5.74) is 1.56. The summed E-state index contributed by atoms with van der Waals surface area (Å²) in [6, 6.07) is 7.02. The van der Waals surface area contributed by atoms with Crippen LogP contribution in [0.2, 0.25) is 0 Å². The van der Waals surface area contributed by atoms with E-state index in [0.717, 1.165) is 11.3 Å². The molecule has 8 nitrogen and oxygen atoms in total. The van der Waals surface area contributed by atoms with Gasteiger partial charge in [-0.25, -0.2) is 4.79 Å². The van der Waals surface area contributed by atoms with Crippen LogP contribution < -0.4 is 10.1 Å². The molecule has 0 radical (unpaired) electrons. The van der Waals surface area contributed by atoms with Crippen molar-refractivity contribution in [1.29, 1.82) is 0 Å². The molecule has 0 spiro atoms. The van der Waals surface area contributed by atoms with Gasteiger partial charge in [0.15, 0.2) is 0 Å². The summed E-state index contributed by atoms with van der Waals surface area (Å²) in [7, 11) is 3.30. The third kappa shape index (κ3) is 4.11. The Bertz CT molecular complexity index is 898. The molecule has 1 aliphatic heterocycles. The Morgan fingerprint density at radius 1 is 1.21 bits per heavy atom. The lowest BCUT2D eigenvalue weighted by Crippen LogP contribution is -2.40. The summed E-state index contributed by atoms with van der Waals surface area (Å²) in [5, 5.41) is 7.42. The van der Waals surface area contributed by atoms with Gasteiger partial charge in [0.2, 0.25) is 0 Å². The van der Waals surface area contributed by atoms with Gasteiger partial charge in [0.1, 0.15) is 17.2 Å². The lowest BCUT2D eigenvalue weighted by Gasteiger charge is -2.29. The van der Waals surface area contributed by atoms with Crippen LogP contribution in [0.1, 0.15) is 42.4 Å². The van der Waals surface area contributed by atoms with Crippen molar-refractivity contribution >= 4 is 17.8 Å². The average molecular weight is 386 g/mol. The van der Waals surface area contributed by atoms with Crippen molar-refractivity contribution in [2.45, 2.75) is 39.3 Å². The second-order valence-electron chi connectivity index (χ2n) is 7.70. The highest BCUT2D eigenvalue weighted by Gasteiger charge is 2.30. The summed E-state index contributed by atoms with van der Waals surface area (Å²) in [6.07, 6.45) is 0.233. The Morgan fingerprint density at radius 2 is 1.93 bits per heavy atom. The van der Waals surface area contributed by atoms with Gasteiger partial charge < -0.3 is 19.7 Å². The number of hydrogen-bond donors (Lipinski definition) is 1. The normalized spacial score (nSPS) is 13.7. The maximum absolute atomic E-state index is 12.8. The minimum absolute atomic E-state index is 0.294. The zero-order valence-electron chi connectivity index (χ0n) is 16.9. The molecule has 1 aliphatic rings. The molecule has 3 rings (SSSR count). The largest absolute Gasteiger partial charge is 0.496 e. The van der Waals surface area contributed by atoms with Gasteiger partial charge in [-0.3, -0.25) is 9.48 Å². The van der Waals surface area contributed by atoms with Gasteiger partial charge in [0, 0.05) is 25.6 Å². The van der Waals surface area contributed by atoms with Crippen LogP contribution in [0.25, 0.3) is 0 Å². The van der Waals surface area contributed by atoms with Crippen LogP contribution in [0, 0.1) is 0 Å². The summed E-state index contributed by atoms with van der Waals surface area (Å²) < 4.78 is 12.4. The number of aryl methyl sites for hydroxylation is 1. The van der Waals surface area contributed by atoms with E-state index in [9.17, 15) is 9.59 Å². The topological polar surface area (TPSA) is 85.7 Å². The number of carbonyl (C=O) groups is 2. The molecule has 1 aromatic heterocycles. The number of methoxy groups -OCH3 is 1. The number of ether oxygens (including phenoxy) is 2. The van der Waals surface area contributed by atoms with E-state index in [1.807, 2.05) is 20.8 Å². The summed E-state index contributed by atoms with van der Waals surface area (Å²) >= 11 is 0. The predicted molar refractivity (Wildman–Crippen MR) is 105 cm³/mol. The summed E-state index contributed by atoms with van der Waals surface area (Å²) in [4.78, 5) is 26.9. The van der Waals surface area contributed by atoms with Crippen LogP contribution in [-0.2, 0) is 24.8 Å². The first-order chi connectivity index (χ1) is 13.2. The fraction of sp³-hybridized carbons (Fsp3) is 0.450. The van der Waals surface area contributed by atoms with E-state index >= 15 is 0 Å². The number of anilines is 1. The van der Waals surface area contributed by atoms with Crippen molar-refractivity contribution < 1.29 is 19.1 Å². The van der Waals surface area contributed by atoms with Crippen LogP contribution in [0.5, 0.6) is 5.75 Å². The number of hydrogen-bond acceptors (Lipinski definition) is 5. The minimum atomic E-state index is -0.562. The maximum Gasteiger partial charge on any atom is 0.410 e. The molecule has 0 atom stereocenters. The van der Waals surface area contributed by atoms with Crippen molar-refractivity contribution in [2.75, 3.05) is 19.0 Å². The van der Waals surface area contributed by atoms with Gasteiger partial charge in [-0.2, -0.15) is 5.10 Å². The SMILES string of the molecule is COc1ccccc1C(=O)Nc1c2c(nn1C)CCN(C(=O)OC(C)(C)C)C2. The maximum atomic E-state index is 12.8. The summed E-state index contributed by atoms with van der Waals surface area (Å²) in [5.74, 6) is 0.767. The number of fused-ring (bicyclic) bond motifs is 1. The smallest absolute Gasteiger partial charge is 0.410 e. The van der Waals surface area contributed by atoms with Crippen molar-refractivity contribution in [3.8, 4) is 5.75 Å². The van der Waals surface area contributed by atoms with Crippen molar-refractivity contribution in [3.05, 3.63) is 41.1 Å². The van der Waals surface area contributed by atoms with Crippen LogP contribution in [0.3, 0.4) is 0 Å². The predicted octanol–water partition coefficient (Wildman–Crippen LogP) is 2.97. The molecule has 28 heavy (non-hydrogen) atoms. The third-order valence-corrected chi connectivity index (χ3v) is 4.43. The van der Waals surface area contributed by atoms with E-state index in [4.69, 9.17) is 9.47 Å². The number of aromatic nitrogens is 2. The Morgan fingerprint density at radius 3 is 2.61 bits per heavy atom. The van der Waals surface area contributed by atoms with Gasteiger partial charge in [-0.1, -0.05) is 12.1 Å². The molecule has 8 heteroatoms. The molecule has 2 amide bonds. The fourth-order valence-electron chi connectivity index (χ4n) is 3.15. The first-order valence-corrected chi connectivity index (χ1v) is 9.16. The zero-order valence-corrected chi connectivity index (χ0v) is 16.9. The third-order valence-electron chi connectivity index (χ3n) is 4.43. The number of rotatable bonds is 3. The quantitative estimate of drug-likeness (QED) is 0.876. The van der Waals surface area contributed by atoms with Crippen molar-refractivity contribution in [2.24, 2.45) is 7.05 Å². The zero-order chi connectivity index (χ0) is 20.5. The van der Waals surface area contributed by atoms with Crippen molar-refractivity contribution in [1.82, 2.24) is 14.7 Å². The Balaban J connectivity index is 1.83. The highest BCUT2D eigenvalue weighted by atomic mass is 16.6. The lowest BCUT2D eigenvalue weighted by molar-refractivity contribution is 0.0224. The highest BCUT2D eigenvalue weighted by molar-refractivity contribution is 6.06. The molecule has 2 heterocycles. The Kier molecular flexibility index (Phi) is 5.31. The van der Waals surface area contributed by atoms with Gasteiger partial charge in [-0.15, -0.1) is 0 Å². The fourth-order valence-corrected chi connectivity index (χ4v) is 3.15. The van der Waals surface area contributed by atoms with Gasteiger partial charge in [-0.05, 0) is 32.9 Å². The molecule has 0 bridgehead atoms. The Labute approximate surface area is 164 Å². The van der Waals surface area contributed by atoms with Gasteiger partial charge in [0.05, 0.1) is 24.9 Å². The number of benzene rings is 1. The molecule has 0 saturated carbocycles. The van der Waals surface area contributed by atoms with Crippen LogP contribution in [0.4, 0.5) is 10.6 Å². The van der Waals surface area contributed by atoms with Crippen LogP contribution in [-0.4, -0.2) is 45.9 Å². The molecule has 0 fully saturated rings. The first-order valence-electron chi connectivity index (χ1n) is 9.16. The standard InChI is InChI=1S/C20H26N4O4/c1-20(2,3)28-19(26)24-11-10-15-14(12-24)17(23(4)22-15)21-18(25)13-8-6-7-9-16(13)27-5/h6-9H,10-12H2,1-5H3,(H,21,25). The van der Waals surface area contributed by atoms with E-state index in [0.29, 0.717) is 36.6 Å². The molecule has 0 aliphatic carbocycles. The van der Waals surface area contributed by atoms with Crippen LogP contribution in [0.15, 0.2) is 24.3 Å². The molecule has 2 aromatic rings. The highest BCUT2D eigenvalue weighted by Crippen LogP contribution is 2.28. The second-order valence-corrected chi connectivity index (χ2v) is 7.70. The number of para-hydroxylation sites is 1.